The molecule has 0 atom stereocenters. The summed E-state index contributed by atoms with van der Waals surface area (Å²) < 4.78 is 16.5. The zero-order chi connectivity index (χ0) is 19.6. The van der Waals surface area contributed by atoms with Crippen molar-refractivity contribution in [1.82, 2.24) is 19.1 Å². The molecule has 0 aliphatic carbocycles. The van der Waals surface area contributed by atoms with Crippen molar-refractivity contribution in [1.29, 1.82) is 0 Å². The van der Waals surface area contributed by atoms with Crippen LogP contribution in [0.4, 0.5) is 10.1 Å². The SMILES string of the molecule is CCCCn1c(=O)[nH]c(=O)c2c1nc(CNc1ccc(F)cc1Cl)n2CC. The summed E-state index contributed by atoms with van der Waals surface area (Å²) in [4.78, 5) is 31.5. The average molecular weight is 394 g/mol. The molecule has 2 N–H and O–H groups in total. The summed E-state index contributed by atoms with van der Waals surface area (Å²) in [6, 6.07) is 4.07. The number of benzene rings is 1. The van der Waals surface area contributed by atoms with E-state index in [1.807, 2.05) is 13.8 Å². The third kappa shape index (κ3) is 3.75. The summed E-state index contributed by atoms with van der Waals surface area (Å²) in [5.74, 6) is 0.173. The lowest BCUT2D eigenvalue weighted by Gasteiger charge is -2.09. The highest BCUT2D eigenvalue weighted by Gasteiger charge is 2.17. The van der Waals surface area contributed by atoms with Gasteiger partial charge in [-0.3, -0.25) is 14.3 Å². The number of imidazole rings is 1. The van der Waals surface area contributed by atoms with E-state index < -0.39 is 17.1 Å². The fourth-order valence-electron chi connectivity index (χ4n) is 3.02. The number of halogens is 2. The Morgan fingerprint density at radius 2 is 2.04 bits per heavy atom. The van der Waals surface area contributed by atoms with Gasteiger partial charge in [-0.25, -0.2) is 14.2 Å². The van der Waals surface area contributed by atoms with Crippen LogP contribution in [0.15, 0.2) is 27.8 Å². The highest BCUT2D eigenvalue weighted by molar-refractivity contribution is 6.33. The summed E-state index contributed by atoms with van der Waals surface area (Å²) in [6.07, 6.45) is 1.72. The fraction of sp³-hybridized carbons (Fsp3) is 0.389. The maximum atomic E-state index is 13.2. The molecule has 0 saturated heterocycles. The number of fused-ring (bicyclic) bond motifs is 1. The molecular weight excluding hydrogens is 373 g/mol. The molecule has 27 heavy (non-hydrogen) atoms. The standard InChI is InChI=1S/C18H21ClFN5O2/c1-3-5-8-25-16-15(17(26)23-18(25)27)24(4-2)14(22-16)10-21-13-7-6-11(20)9-12(13)19/h6-7,9,21H,3-5,8,10H2,1-2H3,(H,23,26,27). The zero-order valence-corrected chi connectivity index (χ0v) is 15.9. The molecular formula is C18H21ClFN5O2. The number of H-pyrrole nitrogens is 1. The van der Waals surface area contributed by atoms with Crippen LogP contribution in [0.2, 0.25) is 5.02 Å². The Balaban J connectivity index is 2.03. The van der Waals surface area contributed by atoms with Gasteiger partial charge in [0.15, 0.2) is 11.2 Å². The van der Waals surface area contributed by atoms with Crippen molar-refractivity contribution in [2.24, 2.45) is 0 Å². The third-order valence-electron chi connectivity index (χ3n) is 4.38. The zero-order valence-electron chi connectivity index (χ0n) is 15.2. The van der Waals surface area contributed by atoms with Gasteiger partial charge in [0.2, 0.25) is 0 Å². The van der Waals surface area contributed by atoms with E-state index in [2.05, 4.69) is 15.3 Å². The van der Waals surface area contributed by atoms with E-state index in [-0.39, 0.29) is 11.6 Å². The summed E-state index contributed by atoms with van der Waals surface area (Å²) >= 11 is 6.05. The summed E-state index contributed by atoms with van der Waals surface area (Å²) in [5, 5.41) is 3.36. The van der Waals surface area contributed by atoms with Crippen LogP contribution < -0.4 is 16.6 Å². The molecule has 0 radical (unpaired) electrons. The maximum absolute atomic E-state index is 13.2. The number of aromatic amines is 1. The Morgan fingerprint density at radius 3 is 2.70 bits per heavy atom. The Kier molecular flexibility index (Phi) is 5.65. The second-order valence-corrected chi connectivity index (χ2v) is 6.59. The van der Waals surface area contributed by atoms with E-state index in [4.69, 9.17) is 11.6 Å². The molecule has 9 heteroatoms. The topological polar surface area (TPSA) is 84.7 Å². The first-order chi connectivity index (χ1) is 13.0. The number of unbranched alkanes of at least 4 members (excludes halogenated alkanes) is 1. The number of hydrogen-bond acceptors (Lipinski definition) is 4. The van der Waals surface area contributed by atoms with Crippen molar-refractivity contribution in [2.75, 3.05) is 5.32 Å². The molecule has 0 spiro atoms. The summed E-state index contributed by atoms with van der Waals surface area (Å²) in [5.41, 5.74) is 0.396. The van der Waals surface area contributed by atoms with Crippen molar-refractivity contribution in [2.45, 2.75) is 46.3 Å². The second kappa shape index (κ2) is 7.96. The third-order valence-corrected chi connectivity index (χ3v) is 4.70. The Labute approximate surface area is 159 Å². The predicted molar refractivity (Wildman–Crippen MR) is 104 cm³/mol. The van der Waals surface area contributed by atoms with Gasteiger partial charge in [-0.1, -0.05) is 24.9 Å². The number of nitrogens with zero attached hydrogens (tertiary/aromatic N) is 3. The molecule has 144 valence electrons. The number of aromatic nitrogens is 4. The van der Waals surface area contributed by atoms with Crippen molar-refractivity contribution in [3.8, 4) is 0 Å². The quantitative estimate of drug-likeness (QED) is 0.646. The maximum Gasteiger partial charge on any atom is 0.330 e. The minimum Gasteiger partial charge on any atom is -0.377 e. The van der Waals surface area contributed by atoms with E-state index >= 15 is 0 Å². The van der Waals surface area contributed by atoms with Crippen LogP contribution in [0.5, 0.6) is 0 Å². The lowest BCUT2D eigenvalue weighted by atomic mass is 10.3. The van der Waals surface area contributed by atoms with Gasteiger partial charge in [0.25, 0.3) is 5.56 Å². The minimum absolute atomic E-state index is 0.256. The average Bonchev–Trinajstić information content (AvgIpc) is 2.99. The lowest BCUT2D eigenvalue weighted by molar-refractivity contribution is 0.613. The molecule has 3 rings (SSSR count). The molecule has 3 aromatic rings. The van der Waals surface area contributed by atoms with Gasteiger partial charge in [-0.15, -0.1) is 0 Å². The molecule has 7 nitrogen and oxygen atoms in total. The van der Waals surface area contributed by atoms with Crippen LogP contribution in [-0.2, 0) is 19.6 Å². The molecule has 0 fully saturated rings. The highest BCUT2D eigenvalue weighted by atomic mass is 35.5. The molecule has 0 aliphatic rings. The van der Waals surface area contributed by atoms with Crippen LogP contribution in [0.1, 0.15) is 32.5 Å². The van der Waals surface area contributed by atoms with Gasteiger partial charge in [0.05, 0.1) is 17.3 Å². The molecule has 0 aliphatic heterocycles. The van der Waals surface area contributed by atoms with Crippen LogP contribution in [0, 0.1) is 5.82 Å². The molecule has 1 aromatic carbocycles. The van der Waals surface area contributed by atoms with E-state index in [1.165, 1.54) is 16.7 Å². The first-order valence-electron chi connectivity index (χ1n) is 8.87. The normalized spacial score (nSPS) is 11.3. The van der Waals surface area contributed by atoms with Gasteiger partial charge >= 0.3 is 5.69 Å². The molecule has 0 saturated carbocycles. The number of aryl methyl sites for hydroxylation is 2. The van der Waals surface area contributed by atoms with Gasteiger partial charge in [0.1, 0.15) is 11.6 Å². The predicted octanol–water partition coefficient (Wildman–Crippen LogP) is 3.11. The smallest absolute Gasteiger partial charge is 0.330 e. The van der Waals surface area contributed by atoms with Crippen LogP contribution in [-0.4, -0.2) is 19.1 Å². The largest absolute Gasteiger partial charge is 0.377 e. The van der Waals surface area contributed by atoms with Crippen molar-refractivity contribution in [3.05, 3.63) is 55.7 Å². The highest BCUT2D eigenvalue weighted by Crippen LogP contribution is 2.23. The van der Waals surface area contributed by atoms with Crippen molar-refractivity contribution < 1.29 is 4.39 Å². The monoisotopic (exact) mass is 393 g/mol. The first-order valence-corrected chi connectivity index (χ1v) is 9.25. The van der Waals surface area contributed by atoms with Crippen molar-refractivity contribution in [3.63, 3.8) is 0 Å². The Bertz CT molecular complexity index is 1090. The molecule has 2 aromatic heterocycles. The molecule has 0 unspecified atom stereocenters. The number of anilines is 1. The Hall–Kier alpha value is -2.61. The van der Waals surface area contributed by atoms with Crippen LogP contribution >= 0.6 is 11.6 Å². The van der Waals surface area contributed by atoms with Crippen LogP contribution in [0.3, 0.4) is 0 Å². The lowest BCUT2D eigenvalue weighted by Crippen LogP contribution is -2.31. The Morgan fingerprint density at radius 1 is 1.26 bits per heavy atom. The van der Waals surface area contributed by atoms with E-state index in [0.717, 1.165) is 12.8 Å². The molecule has 2 heterocycles. The van der Waals surface area contributed by atoms with Gasteiger partial charge in [-0.2, -0.15) is 0 Å². The van der Waals surface area contributed by atoms with E-state index in [9.17, 15) is 14.0 Å². The summed E-state index contributed by atoms with van der Waals surface area (Å²) in [7, 11) is 0. The minimum atomic E-state index is -0.456. The van der Waals surface area contributed by atoms with Gasteiger partial charge in [-0.05, 0) is 31.5 Å². The fourth-order valence-corrected chi connectivity index (χ4v) is 3.26. The molecule has 0 amide bonds. The van der Waals surface area contributed by atoms with Crippen molar-refractivity contribution >= 4 is 28.5 Å². The van der Waals surface area contributed by atoms with Gasteiger partial charge in [0, 0.05) is 13.1 Å². The van der Waals surface area contributed by atoms with E-state index in [0.29, 0.717) is 35.8 Å². The summed E-state index contributed by atoms with van der Waals surface area (Å²) in [6.45, 7) is 5.20. The number of rotatable bonds is 7. The number of hydrogen-bond donors (Lipinski definition) is 2. The first kappa shape index (κ1) is 19.2. The van der Waals surface area contributed by atoms with Gasteiger partial charge < -0.3 is 9.88 Å². The van der Waals surface area contributed by atoms with E-state index in [1.54, 1.807) is 10.6 Å². The second-order valence-electron chi connectivity index (χ2n) is 6.19. The molecule has 0 bridgehead atoms. The number of nitrogens with one attached hydrogen (secondary N) is 2. The van der Waals surface area contributed by atoms with Crippen LogP contribution in [0.25, 0.3) is 11.2 Å².